The van der Waals surface area contributed by atoms with Gasteiger partial charge in [-0.1, -0.05) is 23.7 Å². The highest BCUT2D eigenvalue weighted by Crippen LogP contribution is 2.20. The third-order valence-corrected chi connectivity index (χ3v) is 3.83. The number of para-hydroxylation sites is 1. The molecular formula is C17H14ClN3O3. The Bertz CT molecular complexity index is 969. The first-order chi connectivity index (χ1) is 11.5. The fraction of sp³-hybridized carbons (Fsp3) is 0.118. The van der Waals surface area contributed by atoms with E-state index in [0.29, 0.717) is 21.7 Å². The standard InChI is InChI=1S/C17H14ClN3O3/c1-11-8-12(6-7-14(11)18)24-9-16(22)20-21-10-19-15-5-3-2-4-13(15)17(21)23/h2-8,10H,9H2,1H3,(H,20,22). The fourth-order valence-corrected chi connectivity index (χ4v) is 2.29. The number of carbonyl (C=O) groups excluding carboxylic acids is 1. The van der Waals surface area contributed by atoms with Gasteiger partial charge in [-0.3, -0.25) is 15.0 Å². The Kier molecular flexibility index (Phi) is 4.48. The van der Waals surface area contributed by atoms with Crippen LogP contribution in [-0.2, 0) is 4.79 Å². The molecule has 0 radical (unpaired) electrons. The van der Waals surface area contributed by atoms with Crippen LogP contribution in [0.4, 0.5) is 0 Å². The maximum absolute atomic E-state index is 12.3. The van der Waals surface area contributed by atoms with Crippen molar-refractivity contribution in [2.24, 2.45) is 0 Å². The minimum atomic E-state index is -0.471. The predicted octanol–water partition coefficient (Wildman–Crippen LogP) is 2.51. The summed E-state index contributed by atoms with van der Waals surface area (Å²) in [6, 6.07) is 12.0. The molecule has 7 heteroatoms. The molecule has 1 amide bonds. The number of amides is 1. The lowest BCUT2D eigenvalue weighted by molar-refractivity contribution is -0.119. The normalized spacial score (nSPS) is 10.6. The van der Waals surface area contributed by atoms with Crippen molar-refractivity contribution >= 4 is 28.4 Å². The summed E-state index contributed by atoms with van der Waals surface area (Å²) < 4.78 is 6.44. The zero-order chi connectivity index (χ0) is 17.1. The molecule has 0 saturated heterocycles. The van der Waals surface area contributed by atoms with Crippen molar-refractivity contribution in [2.45, 2.75) is 6.92 Å². The molecule has 0 aliphatic heterocycles. The Labute approximate surface area is 142 Å². The number of hydrogen-bond acceptors (Lipinski definition) is 4. The van der Waals surface area contributed by atoms with E-state index in [2.05, 4.69) is 10.4 Å². The minimum Gasteiger partial charge on any atom is -0.484 e. The Morgan fingerprint density at radius 2 is 2.08 bits per heavy atom. The van der Waals surface area contributed by atoms with E-state index in [9.17, 15) is 9.59 Å². The van der Waals surface area contributed by atoms with Crippen LogP contribution in [-0.4, -0.2) is 22.2 Å². The second-order valence-electron chi connectivity index (χ2n) is 5.17. The molecule has 2 aromatic carbocycles. The number of aromatic nitrogens is 2. The Hall–Kier alpha value is -2.86. The van der Waals surface area contributed by atoms with Gasteiger partial charge in [0.15, 0.2) is 6.61 Å². The number of carbonyl (C=O) groups is 1. The van der Waals surface area contributed by atoms with Gasteiger partial charge in [-0.25, -0.2) is 9.66 Å². The van der Waals surface area contributed by atoms with E-state index in [0.717, 1.165) is 10.2 Å². The number of ether oxygens (including phenoxy) is 1. The summed E-state index contributed by atoms with van der Waals surface area (Å²) in [5.41, 5.74) is 3.52. The van der Waals surface area contributed by atoms with E-state index in [1.165, 1.54) is 6.33 Å². The molecule has 6 nitrogen and oxygen atoms in total. The van der Waals surface area contributed by atoms with E-state index in [1.807, 2.05) is 6.92 Å². The molecule has 0 atom stereocenters. The number of benzene rings is 2. The van der Waals surface area contributed by atoms with Gasteiger partial charge in [0.25, 0.3) is 11.5 Å². The summed E-state index contributed by atoms with van der Waals surface area (Å²) in [7, 11) is 0. The largest absolute Gasteiger partial charge is 0.484 e. The summed E-state index contributed by atoms with van der Waals surface area (Å²) in [4.78, 5) is 28.4. The monoisotopic (exact) mass is 343 g/mol. The lowest BCUT2D eigenvalue weighted by Crippen LogP contribution is -2.35. The van der Waals surface area contributed by atoms with Crippen molar-refractivity contribution in [3.05, 3.63) is 69.7 Å². The maximum Gasteiger partial charge on any atom is 0.280 e. The minimum absolute atomic E-state index is 0.236. The van der Waals surface area contributed by atoms with Gasteiger partial charge in [0.05, 0.1) is 10.9 Å². The molecule has 0 spiro atoms. The van der Waals surface area contributed by atoms with Crippen LogP contribution in [0.2, 0.25) is 5.02 Å². The summed E-state index contributed by atoms with van der Waals surface area (Å²) >= 11 is 5.94. The van der Waals surface area contributed by atoms with Crippen molar-refractivity contribution in [3.8, 4) is 5.75 Å². The lowest BCUT2D eigenvalue weighted by Gasteiger charge is -2.10. The lowest BCUT2D eigenvalue weighted by atomic mass is 10.2. The molecule has 0 aliphatic carbocycles. The van der Waals surface area contributed by atoms with Crippen LogP contribution in [0.1, 0.15) is 5.56 Å². The SMILES string of the molecule is Cc1cc(OCC(=O)Nn2cnc3ccccc3c2=O)ccc1Cl. The molecule has 24 heavy (non-hydrogen) atoms. The number of fused-ring (bicyclic) bond motifs is 1. The van der Waals surface area contributed by atoms with Gasteiger partial charge in [0, 0.05) is 5.02 Å². The number of rotatable bonds is 4. The highest BCUT2D eigenvalue weighted by molar-refractivity contribution is 6.31. The first kappa shape index (κ1) is 16.0. The van der Waals surface area contributed by atoms with Crippen molar-refractivity contribution in [2.75, 3.05) is 12.0 Å². The van der Waals surface area contributed by atoms with Crippen LogP contribution in [0.3, 0.4) is 0 Å². The quantitative estimate of drug-likeness (QED) is 0.790. The van der Waals surface area contributed by atoms with Gasteiger partial charge < -0.3 is 4.74 Å². The third kappa shape index (κ3) is 3.38. The summed E-state index contributed by atoms with van der Waals surface area (Å²) in [5.74, 6) is 0.0535. The zero-order valence-electron chi connectivity index (χ0n) is 12.8. The van der Waals surface area contributed by atoms with Crippen molar-refractivity contribution in [3.63, 3.8) is 0 Å². The summed E-state index contributed by atoms with van der Waals surface area (Å²) in [5, 5.41) is 1.05. The van der Waals surface area contributed by atoms with Gasteiger partial charge in [-0.15, -0.1) is 0 Å². The highest BCUT2D eigenvalue weighted by Gasteiger charge is 2.08. The first-order valence-corrected chi connectivity index (χ1v) is 7.57. The number of nitrogens with zero attached hydrogens (tertiary/aromatic N) is 2. The van der Waals surface area contributed by atoms with Crippen LogP contribution in [0.5, 0.6) is 5.75 Å². The zero-order valence-corrected chi connectivity index (χ0v) is 13.6. The van der Waals surface area contributed by atoms with Gasteiger partial charge >= 0.3 is 0 Å². The number of halogens is 1. The molecule has 3 aromatic rings. The van der Waals surface area contributed by atoms with Gasteiger partial charge in [-0.2, -0.15) is 0 Å². The molecule has 0 unspecified atom stereocenters. The van der Waals surface area contributed by atoms with Crippen molar-refractivity contribution in [1.82, 2.24) is 9.66 Å². The maximum atomic E-state index is 12.3. The molecule has 0 saturated carbocycles. The molecular weight excluding hydrogens is 330 g/mol. The molecule has 0 fully saturated rings. The predicted molar refractivity (Wildman–Crippen MR) is 92.1 cm³/mol. The second-order valence-corrected chi connectivity index (χ2v) is 5.58. The van der Waals surface area contributed by atoms with Gasteiger partial charge in [0.2, 0.25) is 0 Å². The molecule has 0 bridgehead atoms. The third-order valence-electron chi connectivity index (χ3n) is 3.41. The van der Waals surface area contributed by atoms with E-state index < -0.39 is 5.91 Å². The number of nitrogens with one attached hydrogen (secondary N) is 1. The Morgan fingerprint density at radius 1 is 1.29 bits per heavy atom. The van der Waals surface area contributed by atoms with E-state index in [4.69, 9.17) is 16.3 Å². The number of aryl methyl sites for hydroxylation is 1. The fourth-order valence-electron chi connectivity index (χ4n) is 2.17. The van der Waals surface area contributed by atoms with Crippen molar-refractivity contribution in [1.29, 1.82) is 0 Å². The Balaban J connectivity index is 1.70. The van der Waals surface area contributed by atoms with Crippen LogP contribution < -0.4 is 15.7 Å². The number of hydrogen-bond donors (Lipinski definition) is 1. The molecule has 1 heterocycles. The molecule has 3 rings (SSSR count). The highest BCUT2D eigenvalue weighted by atomic mass is 35.5. The average Bonchev–Trinajstić information content (AvgIpc) is 2.59. The van der Waals surface area contributed by atoms with Crippen LogP contribution in [0.25, 0.3) is 10.9 Å². The van der Waals surface area contributed by atoms with Gasteiger partial charge in [0.1, 0.15) is 12.1 Å². The molecule has 1 aromatic heterocycles. The topological polar surface area (TPSA) is 73.2 Å². The van der Waals surface area contributed by atoms with E-state index in [1.54, 1.807) is 42.5 Å². The van der Waals surface area contributed by atoms with E-state index in [-0.39, 0.29) is 12.2 Å². The Morgan fingerprint density at radius 3 is 2.88 bits per heavy atom. The van der Waals surface area contributed by atoms with E-state index >= 15 is 0 Å². The molecule has 1 N–H and O–H groups in total. The van der Waals surface area contributed by atoms with Crippen LogP contribution >= 0.6 is 11.6 Å². The second kappa shape index (κ2) is 6.72. The van der Waals surface area contributed by atoms with Crippen LogP contribution in [0.15, 0.2) is 53.6 Å². The van der Waals surface area contributed by atoms with Gasteiger partial charge in [-0.05, 0) is 42.8 Å². The first-order valence-electron chi connectivity index (χ1n) is 7.20. The summed E-state index contributed by atoms with van der Waals surface area (Å²) in [6.45, 7) is 1.61. The smallest absolute Gasteiger partial charge is 0.280 e. The average molecular weight is 344 g/mol. The van der Waals surface area contributed by atoms with Crippen LogP contribution in [0, 0.1) is 6.92 Å². The molecule has 0 aliphatic rings. The summed E-state index contributed by atoms with van der Waals surface area (Å²) in [6.07, 6.45) is 1.27. The molecule has 122 valence electrons. The van der Waals surface area contributed by atoms with Crippen molar-refractivity contribution < 1.29 is 9.53 Å².